The van der Waals surface area contributed by atoms with Gasteiger partial charge in [-0.3, -0.25) is 0 Å². The minimum Gasteiger partial charge on any atom is -0.494 e. The number of carbonyl (C=O) groups excluding carboxylic acids is 3. The molecule has 8 nitrogen and oxygen atoms in total. The summed E-state index contributed by atoms with van der Waals surface area (Å²) in [5.74, 6) is 0.161. The molecule has 0 unspecified atom stereocenters. The molecule has 0 aromatic heterocycles. The van der Waals surface area contributed by atoms with E-state index in [2.05, 4.69) is 6.92 Å². The molecule has 56 heavy (non-hydrogen) atoms. The average molecular weight is 752 g/mol. The first-order valence-electron chi connectivity index (χ1n) is 19.6. The van der Waals surface area contributed by atoms with Gasteiger partial charge in [-0.2, -0.15) is 5.26 Å². The summed E-state index contributed by atoms with van der Waals surface area (Å²) >= 11 is 0. The van der Waals surface area contributed by atoms with Crippen LogP contribution >= 0.6 is 0 Å². The van der Waals surface area contributed by atoms with Crippen molar-refractivity contribution in [2.45, 2.75) is 84.0 Å². The Balaban J connectivity index is 0.996. The third kappa shape index (κ3) is 13.3. The van der Waals surface area contributed by atoms with Crippen molar-refractivity contribution in [2.75, 3.05) is 6.61 Å². The number of hydrogen-bond donors (Lipinski definition) is 0. The Kier molecular flexibility index (Phi) is 16.3. The smallest absolute Gasteiger partial charge is 0.343 e. The van der Waals surface area contributed by atoms with Crippen LogP contribution in [0.15, 0.2) is 121 Å². The molecule has 0 aliphatic rings. The van der Waals surface area contributed by atoms with Gasteiger partial charge in [0, 0.05) is 0 Å². The van der Waals surface area contributed by atoms with Crippen LogP contribution in [-0.4, -0.2) is 24.5 Å². The predicted molar refractivity (Wildman–Crippen MR) is 217 cm³/mol. The monoisotopic (exact) mass is 751 g/mol. The Morgan fingerprint density at radius 3 is 1.16 bits per heavy atom. The number of hydrogen-bond acceptors (Lipinski definition) is 8. The van der Waals surface area contributed by atoms with Gasteiger partial charge in [0.25, 0.3) is 0 Å². The molecule has 0 N–H and O–H groups in total. The second-order valence-corrected chi connectivity index (χ2v) is 13.7. The first kappa shape index (κ1) is 41.0. The Morgan fingerprint density at radius 1 is 0.429 bits per heavy atom. The number of unbranched alkanes of at least 4 members (excludes halogenated alkanes) is 11. The molecule has 0 heterocycles. The molecule has 8 heteroatoms. The van der Waals surface area contributed by atoms with Gasteiger partial charge in [0.2, 0.25) is 0 Å². The molecule has 0 saturated carbocycles. The van der Waals surface area contributed by atoms with Gasteiger partial charge >= 0.3 is 17.9 Å². The molecular weight excluding hydrogens is 703 g/mol. The standard InChI is InChI=1S/C48H49NO7/c1-2-3-4-5-6-7-8-9-10-11-12-13-34-53-42-28-22-40(23-29-42)47(51)55-44-30-20-38(21-31-44)37-16-18-39(19-17-37)46(50)56-45-32-24-41(25-33-45)48(52)54-43-26-14-36(35-49)15-27-43/h14-33H,2-13,34H2,1H3. The first-order valence-corrected chi connectivity index (χ1v) is 19.6. The van der Waals surface area contributed by atoms with Gasteiger partial charge in [0.1, 0.15) is 23.0 Å². The van der Waals surface area contributed by atoms with Crippen LogP contribution in [0.3, 0.4) is 0 Å². The maximum absolute atomic E-state index is 12.8. The molecule has 0 fully saturated rings. The van der Waals surface area contributed by atoms with Crippen molar-refractivity contribution in [3.63, 3.8) is 0 Å². The van der Waals surface area contributed by atoms with Crippen LogP contribution in [-0.2, 0) is 0 Å². The zero-order chi connectivity index (χ0) is 39.4. The molecule has 5 aromatic carbocycles. The van der Waals surface area contributed by atoms with Crippen LogP contribution in [0.1, 0.15) is 121 Å². The zero-order valence-corrected chi connectivity index (χ0v) is 32.0. The lowest BCUT2D eigenvalue weighted by atomic mass is 10.0. The first-order chi connectivity index (χ1) is 27.4. The molecular formula is C48H49NO7. The maximum Gasteiger partial charge on any atom is 0.343 e. The van der Waals surface area contributed by atoms with E-state index in [4.69, 9.17) is 24.2 Å². The minimum atomic E-state index is -0.579. The third-order valence-corrected chi connectivity index (χ3v) is 9.37. The molecule has 0 aliphatic heterocycles. The Hall–Kier alpha value is -6.20. The van der Waals surface area contributed by atoms with Gasteiger partial charge in [-0.1, -0.05) is 102 Å². The summed E-state index contributed by atoms with van der Waals surface area (Å²) in [6.07, 6.45) is 15.6. The second-order valence-electron chi connectivity index (χ2n) is 13.7. The summed E-state index contributed by atoms with van der Waals surface area (Å²) in [6.45, 7) is 2.93. The number of ether oxygens (including phenoxy) is 4. The molecule has 0 amide bonds. The van der Waals surface area contributed by atoms with Crippen LogP contribution in [0.4, 0.5) is 0 Å². The van der Waals surface area contributed by atoms with E-state index in [1.165, 1.54) is 94.9 Å². The van der Waals surface area contributed by atoms with Crippen LogP contribution < -0.4 is 18.9 Å². The summed E-state index contributed by atoms with van der Waals surface area (Å²) in [4.78, 5) is 38.1. The quantitative estimate of drug-likeness (QED) is 0.0414. The summed E-state index contributed by atoms with van der Waals surface area (Å²) < 4.78 is 22.3. The topological polar surface area (TPSA) is 112 Å². The van der Waals surface area contributed by atoms with E-state index in [0.717, 1.165) is 23.3 Å². The van der Waals surface area contributed by atoms with Gasteiger partial charge in [0.15, 0.2) is 0 Å². The van der Waals surface area contributed by atoms with Gasteiger partial charge in [-0.25, -0.2) is 14.4 Å². The highest BCUT2D eigenvalue weighted by Gasteiger charge is 2.13. The fourth-order valence-corrected chi connectivity index (χ4v) is 6.09. The lowest BCUT2D eigenvalue weighted by molar-refractivity contribution is 0.0723. The van der Waals surface area contributed by atoms with Gasteiger partial charge < -0.3 is 18.9 Å². The number of rotatable bonds is 21. The van der Waals surface area contributed by atoms with E-state index in [1.54, 1.807) is 72.8 Å². The van der Waals surface area contributed by atoms with Crippen LogP contribution in [0.5, 0.6) is 23.0 Å². The molecule has 0 bridgehead atoms. The second kappa shape index (κ2) is 22.2. The molecule has 0 saturated heterocycles. The van der Waals surface area contributed by atoms with Crippen LogP contribution in [0.2, 0.25) is 0 Å². The fourth-order valence-electron chi connectivity index (χ4n) is 6.09. The van der Waals surface area contributed by atoms with Gasteiger partial charge in [-0.15, -0.1) is 0 Å². The normalized spacial score (nSPS) is 10.6. The number of nitrogens with zero attached hydrogens (tertiary/aromatic N) is 1. The lowest BCUT2D eigenvalue weighted by Gasteiger charge is -2.09. The maximum atomic E-state index is 12.8. The minimum absolute atomic E-state index is 0.272. The van der Waals surface area contributed by atoms with E-state index in [0.29, 0.717) is 34.8 Å². The summed E-state index contributed by atoms with van der Waals surface area (Å²) in [7, 11) is 0. The number of nitriles is 1. The van der Waals surface area contributed by atoms with E-state index in [1.807, 2.05) is 30.3 Å². The lowest BCUT2D eigenvalue weighted by Crippen LogP contribution is -2.10. The van der Waals surface area contributed by atoms with Crippen LogP contribution in [0, 0.1) is 11.3 Å². The Bertz CT molecular complexity index is 2010. The fraction of sp³-hybridized carbons (Fsp3) is 0.292. The van der Waals surface area contributed by atoms with Gasteiger partial charge in [-0.05, 0) is 115 Å². The molecule has 0 spiro atoms. The SMILES string of the molecule is CCCCCCCCCCCCCCOc1ccc(C(=O)Oc2ccc(-c3ccc(C(=O)Oc4ccc(C(=O)Oc5ccc(C#N)cc5)cc4)cc3)cc2)cc1. The highest BCUT2D eigenvalue weighted by Crippen LogP contribution is 2.25. The molecule has 0 radical (unpaired) electrons. The van der Waals surface area contributed by atoms with Crippen molar-refractivity contribution < 1.29 is 33.3 Å². The summed E-state index contributed by atoms with van der Waals surface area (Å²) in [6, 6.07) is 35.4. The Labute approximate surface area is 330 Å². The molecule has 5 rings (SSSR count). The number of benzene rings is 5. The Morgan fingerprint density at radius 2 is 0.750 bits per heavy atom. The van der Waals surface area contributed by atoms with Crippen molar-refractivity contribution in [2.24, 2.45) is 0 Å². The molecule has 0 atom stereocenters. The summed E-state index contributed by atoms with van der Waals surface area (Å²) in [5, 5.41) is 8.91. The van der Waals surface area contributed by atoms with Crippen LogP contribution in [0.25, 0.3) is 11.1 Å². The van der Waals surface area contributed by atoms with E-state index >= 15 is 0 Å². The van der Waals surface area contributed by atoms with E-state index < -0.39 is 17.9 Å². The van der Waals surface area contributed by atoms with E-state index in [-0.39, 0.29) is 11.3 Å². The highest BCUT2D eigenvalue weighted by molar-refractivity contribution is 5.93. The third-order valence-electron chi connectivity index (χ3n) is 9.37. The summed E-state index contributed by atoms with van der Waals surface area (Å²) in [5.41, 5.74) is 3.27. The highest BCUT2D eigenvalue weighted by atomic mass is 16.5. The molecule has 0 aliphatic carbocycles. The number of carbonyl (C=O) groups is 3. The van der Waals surface area contributed by atoms with Crippen molar-refractivity contribution in [3.05, 3.63) is 144 Å². The van der Waals surface area contributed by atoms with E-state index in [9.17, 15) is 14.4 Å². The zero-order valence-electron chi connectivity index (χ0n) is 32.0. The van der Waals surface area contributed by atoms with Gasteiger partial charge in [0.05, 0.1) is 34.9 Å². The largest absolute Gasteiger partial charge is 0.494 e. The van der Waals surface area contributed by atoms with Crippen molar-refractivity contribution in [1.29, 1.82) is 5.26 Å². The molecule has 5 aromatic rings. The number of esters is 3. The molecule has 288 valence electrons. The van der Waals surface area contributed by atoms with Crippen molar-refractivity contribution in [3.8, 4) is 40.2 Å². The predicted octanol–water partition coefficient (Wildman–Crippen LogP) is 12.0. The van der Waals surface area contributed by atoms with Crippen molar-refractivity contribution >= 4 is 17.9 Å². The average Bonchev–Trinajstić information content (AvgIpc) is 3.23. The van der Waals surface area contributed by atoms with Crippen molar-refractivity contribution in [1.82, 2.24) is 0 Å².